The summed E-state index contributed by atoms with van der Waals surface area (Å²) >= 11 is 0. The number of hydrogen-bond acceptors (Lipinski definition) is 1. The largest absolute Gasteiger partial charge is 0.317 e. The van der Waals surface area contributed by atoms with Crippen molar-refractivity contribution in [3.8, 4) is 0 Å². The Morgan fingerprint density at radius 2 is 2.07 bits per heavy atom. The fourth-order valence-electron chi connectivity index (χ4n) is 2.40. The summed E-state index contributed by atoms with van der Waals surface area (Å²) in [5.41, 5.74) is 6.11. The molecule has 1 unspecified atom stereocenters. The van der Waals surface area contributed by atoms with E-state index in [0.717, 1.165) is 0 Å². The van der Waals surface area contributed by atoms with Crippen molar-refractivity contribution >= 4 is 0 Å². The summed E-state index contributed by atoms with van der Waals surface area (Å²) in [5, 5.41) is 3.38. The Morgan fingerprint density at radius 1 is 1.29 bits per heavy atom. The molecular formula is C13H19N. The van der Waals surface area contributed by atoms with Crippen LogP contribution in [-0.4, -0.2) is 13.1 Å². The first-order valence-corrected chi connectivity index (χ1v) is 5.47. The van der Waals surface area contributed by atoms with Crippen LogP contribution in [-0.2, 0) is 12.8 Å². The Morgan fingerprint density at radius 3 is 2.79 bits per heavy atom. The van der Waals surface area contributed by atoms with Crippen LogP contribution in [0.3, 0.4) is 0 Å². The average molecular weight is 189 g/mol. The molecule has 1 atom stereocenters. The van der Waals surface area contributed by atoms with E-state index in [1.54, 1.807) is 11.1 Å². The van der Waals surface area contributed by atoms with Crippen LogP contribution in [0, 0.1) is 13.8 Å². The Balaban J connectivity index is 2.36. The van der Waals surface area contributed by atoms with Crippen molar-refractivity contribution in [2.24, 2.45) is 0 Å². The van der Waals surface area contributed by atoms with Crippen molar-refractivity contribution in [3.05, 3.63) is 34.4 Å². The fourth-order valence-corrected chi connectivity index (χ4v) is 2.40. The van der Waals surface area contributed by atoms with Crippen molar-refractivity contribution in [3.63, 3.8) is 0 Å². The summed E-state index contributed by atoms with van der Waals surface area (Å²) in [7, 11) is 2.07. The van der Waals surface area contributed by atoms with E-state index >= 15 is 0 Å². The summed E-state index contributed by atoms with van der Waals surface area (Å²) in [6.45, 7) is 4.47. The van der Waals surface area contributed by atoms with Gasteiger partial charge in [0, 0.05) is 6.04 Å². The number of nitrogens with one attached hydrogen (secondary N) is 1. The van der Waals surface area contributed by atoms with E-state index in [1.807, 2.05) is 0 Å². The van der Waals surface area contributed by atoms with Gasteiger partial charge in [0.1, 0.15) is 0 Å². The normalized spacial score (nSPS) is 20.6. The maximum atomic E-state index is 3.38. The van der Waals surface area contributed by atoms with Gasteiger partial charge in [-0.25, -0.2) is 0 Å². The third kappa shape index (κ3) is 1.57. The van der Waals surface area contributed by atoms with Gasteiger partial charge < -0.3 is 5.32 Å². The van der Waals surface area contributed by atoms with Gasteiger partial charge in [-0.15, -0.1) is 0 Å². The SMILES string of the molecule is CNC1CCc2c(ccc(C)c2C)C1. The molecular weight excluding hydrogens is 170 g/mol. The van der Waals surface area contributed by atoms with E-state index in [1.165, 1.54) is 30.4 Å². The van der Waals surface area contributed by atoms with Crippen LogP contribution in [0.25, 0.3) is 0 Å². The monoisotopic (exact) mass is 189 g/mol. The van der Waals surface area contributed by atoms with Crippen LogP contribution in [0.2, 0.25) is 0 Å². The van der Waals surface area contributed by atoms with Gasteiger partial charge in [0.2, 0.25) is 0 Å². The second-order valence-corrected chi connectivity index (χ2v) is 4.37. The molecule has 0 radical (unpaired) electrons. The lowest BCUT2D eigenvalue weighted by atomic mass is 9.84. The van der Waals surface area contributed by atoms with E-state index in [2.05, 4.69) is 38.3 Å². The first kappa shape index (κ1) is 9.72. The predicted molar refractivity (Wildman–Crippen MR) is 60.8 cm³/mol. The van der Waals surface area contributed by atoms with E-state index in [9.17, 15) is 0 Å². The Hall–Kier alpha value is -0.820. The molecule has 0 spiro atoms. The lowest BCUT2D eigenvalue weighted by Gasteiger charge is -2.26. The van der Waals surface area contributed by atoms with Crippen molar-refractivity contribution in [2.45, 2.75) is 39.2 Å². The summed E-state index contributed by atoms with van der Waals surface area (Å²) in [6, 6.07) is 5.25. The minimum absolute atomic E-state index is 0.685. The lowest BCUT2D eigenvalue weighted by molar-refractivity contribution is 0.495. The molecule has 0 fully saturated rings. The Labute approximate surface area is 86.5 Å². The zero-order chi connectivity index (χ0) is 10.1. The molecule has 1 heteroatoms. The second kappa shape index (κ2) is 3.74. The van der Waals surface area contributed by atoms with Gasteiger partial charge >= 0.3 is 0 Å². The molecule has 1 aliphatic rings. The molecule has 2 rings (SSSR count). The lowest BCUT2D eigenvalue weighted by Crippen LogP contribution is -2.31. The van der Waals surface area contributed by atoms with E-state index in [-0.39, 0.29) is 0 Å². The second-order valence-electron chi connectivity index (χ2n) is 4.37. The average Bonchev–Trinajstić information content (AvgIpc) is 2.23. The fraction of sp³-hybridized carbons (Fsp3) is 0.538. The molecule has 1 aromatic carbocycles. The van der Waals surface area contributed by atoms with Crippen LogP contribution in [0.15, 0.2) is 12.1 Å². The minimum Gasteiger partial charge on any atom is -0.317 e. The standard InChI is InChI=1S/C13H19N/c1-9-4-5-11-8-12(14-3)6-7-13(11)10(9)2/h4-5,12,14H,6-8H2,1-3H3. The number of aryl methyl sites for hydroxylation is 1. The third-order valence-electron chi connectivity index (χ3n) is 3.58. The van der Waals surface area contributed by atoms with Crippen molar-refractivity contribution in [1.29, 1.82) is 0 Å². The van der Waals surface area contributed by atoms with Crippen LogP contribution in [0.1, 0.15) is 28.7 Å². The van der Waals surface area contributed by atoms with Gasteiger partial charge in [0.05, 0.1) is 0 Å². The zero-order valence-electron chi connectivity index (χ0n) is 9.35. The molecule has 1 nitrogen and oxygen atoms in total. The molecule has 0 saturated carbocycles. The quantitative estimate of drug-likeness (QED) is 0.715. The number of hydrogen-bond donors (Lipinski definition) is 1. The van der Waals surface area contributed by atoms with Gasteiger partial charge in [0.25, 0.3) is 0 Å². The number of rotatable bonds is 1. The highest BCUT2D eigenvalue weighted by Gasteiger charge is 2.18. The molecule has 1 aromatic rings. The molecule has 0 bridgehead atoms. The van der Waals surface area contributed by atoms with Gasteiger partial charge in [-0.2, -0.15) is 0 Å². The highest BCUT2D eigenvalue weighted by atomic mass is 14.9. The van der Waals surface area contributed by atoms with Crippen LogP contribution < -0.4 is 5.32 Å². The van der Waals surface area contributed by atoms with Crippen molar-refractivity contribution in [2.75, 3.05) is 7.05 Å². The molecule has 1 N–H and O–H groups in total. The van der Waals surface area contributed by atoms with Crippen molar-refractivity contribution < 1.29 is 0 Å². The first-order valence-electron chi connectivity index (χ1n) is 5.47. The molecule has 0 aromatic heterocycles. The summed E-state index contributed by atoms with van der Waals surface area (Å²) < 4.78 is 0. The molecule has 1 aliphatic carbocycles. The molecule has 0 amide bonds. The summed E-state index contributed by atoms with van der Waals surface area (Å²) in [5.74, 6) is 0. The van der Waals surface area contributed by atoms with Gasteiger partial charge in [-0.1, -0.05) is 12.1 Å². The molecule has 0 heterocycles. The molecule has 0 saturated heterocycles. The predicted octanol–water partition coefficient (Wildman–Crippen LogP) is 2.38. The van der Waals surface area contributed by atoms with Crippen molar-refractivity contribution in [1.82, 2.24) is 5.32 Å². The Kier molecular flexibility index (Phi) is 2.60. The minimum atomic E-state index is 0.685. The van der Waals surface area contributed by atoms with Gasteiger partial charge in [-0.3, -0.25) is 0 Å². The molecule has 14 heavy (non-hydrogen) atoms. The van der Waals surface area contributed by atoms with Crippen LogP contribution in [0.4, 0.5) is 0 Å². The van der Waals surface area contributed by atoms with Crippen LogP contribution >= 0.6 is 0 Å². The smallest absolute Gasteiger partial charge is 0.0108 e. The maximum Gasteiger partial charge on any atom is 0.0108 e. The third-order valence-corrected chi connectivity index (χ3v) is 3.58. The first-order chi connectivity index (χ1) is 6.72. The van der Waals surface area contributed by atoms with Gasteiger partial charge in [0.15, 0.2) is 0 Å². The number of fused-ring (bicyclic) bond motifs is 1. The topological polar surface area (TPSA) is 12.0 Å². The number of likely N-dealkylation sites (N-methyl/N-ethyl adjacent to an activating group) is 1. The van der Waals surface area contributed by atoms with Crippen LogP contribution in [0.5, 0.6) is 0 Å². The summed E-state index contributed by atoms with van der Waals surface area (Å²) in [6.07, 6.45) is 3.73. The maximum absolute atomic E-state index is 3.38. The number of benzene rings is 1. The zero-order valence-corrected chi connectivity index (χ0v) is 9.35. The van der Waals surface area contributed by atoms with E-state index in [0.29, 0.717) is 6.04 Å². The highest BCUT2D eigenvalue weighted by Crippen LogP contribution is 2.26. The Bertz CT molecular complexity index is 341. The highest BCUT2D eigenvalue weighted by molar-refractivity contribution is 5.41. The molecule has 76 valence electrons. The van der Waals surface area contributed by atoms with E-state index < -0.39 is 0 Å². The summed E-state index contributed by atoms with van der Waals surface area (Å²) in [4.78, 5) is 0. The van der Waals surface area contributed by atoms with E-state index in [4.69, 9.17) is 0 Å². The molecule has 0 aliphatic heterocycles. The van der Waals surface area contributed by atoms with Gasteiger partial charge in [-0.05, 0) is 62.4 Å².